The molecule has 0 fully saturated rings. The van der Waals surface area contributed by atoms with Crippen LogP contribution < -0.4 is 10.6 Å². The minimum absolute atomic E-state index is 0.236. The molecule has 0 aliphatic carbocycles. The number of carbonyl (C=O) groups excluding carboxylic acids is 2. The first-order chi connectivity index (χ1) is 15.4. The quantitative estimate of drug-likeness (QED) is 0.504. The molecule has 1 aromatic heterocycles. The third-order valence-corrected chi connectivity index (χ3v) is 5.82. The van der Waals surface area contributed by atoms with Crippen molar-refractivity contribution in [1.82, 2.24) is 9.88 Å². The molecule has 0 atom stereocenters. The van der Waals surface area contributed by atoms with E-state index in [1.54, 1.807) is 17.4 Å². The number of carbonyl (C=O) groups is 2. The van der Waals surface area contributed by atoms with Crippen molar-refractivity contribution < 1.29 is 14.3 Å². The Bertz CT molecular complexity index is 1060. The second-order valence-corrected chi connectivity index (χ2v) is 8.50. The maximum absolute atomic E-state index is 13.0. The fourth-order valence-electron chi connectivity index (χ4n) is 3.13. The molecule has 3 rings (SSSR count). The van der Waals surface area contributed by atoms with Crippen molar-refractivity contribution in [2.75, 3.05) is 30.9 Å². The molecule has 0 unspecified atom stereocenters. The van der Waals surface area contributed by atoms with E-state index in [1.807, 2.05) is 63.2 Å². The van der Waals surface area contributed by atoms with Crippen LogP contribution in [0.3, 0.4) is 0 Å². The molecule has 0 saturated carbocycles. The van der Waals surface area contributed by atoms with Crippen LogP contribution in [0.2, 0.25) is 0 Å². The number of aryl methyl sites for hydroxylation is 3. The minimum Gasteiger partial charge on any atom is -0.383 e. The van der Waals surface area contributed by atoms with Gasteiger partial charge < -0.3 is 20.3 Å². The molecule has 3 amide bonds. The van der Waals surface area contributed by atoms with Crippen LogP contribution in [-0.4, -0.2) is 42.1 Å². The van der Waals surface area contributed by atoms with Gasteiger partial charge >= 0.3 is 6.03 Å². The molecule has 0 spiro atoms. The van der Waals surface area contributed by atoms with Gasteiger partial charge in [0.15, 0.2) is 0 Å². The van der Waals surface area contributed by atoms with Crippen LogP contribution in [-0.2, 0) is 11.3 Å². The van der Waals surface area contributed by atoms with Crippen LogP contribution in [0.1, 0.15) is 32.2 Å². The van der Waals surface area contributed by atoms with Crippen molar-refractivity contribution in [3.05, 3.63) is 75.2 Å². The molecule has 8 heteroatoms. The van der Waals surface area contributed by atoms with E-state index in [9.17, 15) is 9.59 Å². The number of methoxy groups -OCH3 is 1. The normalized spacial score (nSPS) is 10.6. The molecule has 32 heavy (non-hydrogen) atoms. The van der Waals surface area contributed by atoms with E-state index in [-0.39, 0.29) is 18.5 Å². The molecule has 3 aromatic rings. The van der Waals surface area contributed by atoms with Crippen LogP contribution in [0.5, 0.6) is 0 Å². The summed E-state index contributed by atoms with van der Waals surface area (Å²) in [5.41, 5.74) is 4.95. The Morgan fingerprint density at radius 3 is 2.38 bits per heavy atom. The summed E-state index contributed by atoms with van der Waals surface area (Å²) >= 11 is 1.35. The van der Waals surface area contributed by atoms with Gasteiger partial charge in [-0.15, -0.1) is 11.3 Å². The maximum Gasteiger partial charge on any atom is 0.322 e. The van der Waals surface area contributed by atoms with Crippen LogP contribution in [0.15, 0.2) is 47.8 Å². The maximum atomic E-state index is 13.0. The largest absolute Gasteiger partial charge is 0.383 e. The minimum atomic E-state index is -0.278. The number of ether oxygens (including phenoxy) is 1. The Hall–Kier alpha value is -3.23. The first-order valence-electron chi connectivity index (χ1n) is 10.3. The average molecular weight is 453 g/mol. The van der Waals surface area contributed by atoms with E-state index >= 15 is 0 Å². The van der Waals surface area contributed by atoms with Gasteiger partial charge in [-0.2, -0.15) is 0 Å². The molecule has 0 saturated heterocycles. The van der Waals surface area contributed by atoms with Gasteiger partial charge in [0.1, 0.15) is 10.7 Å². The number of benzene rings is 2. The van der Waals surface area contributed by atoms with Crippen molar-refractivity contribution in [2.24, 2.45) is 0 Å². The number of amides is 3. The molecule has 2 aromatic carbocycles. The summed E-state index contributed by atoms with van der Waals surface area (Å²) in [6.45, 7) is 6.99. The molecular weight excluding hydrogens is 424 g/mol. The number of aromatic nitrogens is 1. The molecule has 0 bridgehead atoms. The number of rotatable bonds is 8. The average Bonchev–Trinajstić information content (AvgIpc) is 3.24. The van der Waals surface area contributed by atoms with E-state index in [2.05, 4.69) is 15.6 Å². The Morgan fingerprint density at radius 2 is 1.72 bits per heavy atom. The lowest BCUT2D eigenvalue weighted by molar-refractivity contribution is 0.102. The first kappa shape index (κ1) is 23.4. The highest BCUT2D eigenvalue weighted by molar-refractivity contribution is 7.09. The number of anilines is 2. The van der Waals surface area contributed by atoms with Gasteiger partial charge in [-0.25, -0.2) is 9.78 Å². The molecule has 0 radical (unpaired) electrons. The number of hydrogen-bond acceptors (Lipinski definition) is 5. The molecule has 1 heterocycles. The number of hydrogen-bond donors (Lipinski definition) is 2. The zero-order chi connectivity index (χ0) is 23.1. The smallest absolute Gasteiger partial charge is 0.322 e. The molecule has 7 nitrogen and oxygen atoms in total. The Morgan fingerprint density at radius 1 is 1.03 bits per heavy atom. The Balaban J connectivity index is 1.69. The zero-order valence-electron chi connectivity index (χ0n) is 18.8. The molecule has 168 valence electrons. The predicted molar refractivity (Wildman–Crippen MR) is 128 cm³/mol. The molecule has 2 N–H and O–H groups in total. The second-order valence-electron chi connectivity index (χ2n) is 7.56. The van der Waals surface area contributed by atoms with Gasteiger partial charge in [-0.1, -0.05) is 35.9 Å². The topological polar surface area (TPSA) is 83.6 Å². The first-order valence-corrected chi connectivity index (χ1v) is 11.2. The highest BCUT2D eigenvalue weighted by atomic mass is 32.1. The van der Waals surface area contributed by atoms with E-state index in [4.69, 9.17) is 4.74 Å². The number of para-hydroxylation sites is 1. The Labute approximate surface area is 192 Å². The van der Waals surface area contributed by atoms with E-state index < -0.39 is 0 Å². The monoisotopic (exact) mass is 452 g/mol. The fraction of sp³-hybridized carbons (Fsp3) is 0.292. The van der Waals surface area contributed by atoms with Gasteiger partial charge in [-0.3, -0.25) is 4.79 Å². The number of nitrogens with zero attached hydrogens (tertiary/aromatic N) is 2. The molecule has 0 aliphatic rings. The summed E-state index contributed by atoms with van der Waals surface area (Å²) in [4.78, 5) is 31.6. The summed E-state index contributed by atoms with van der Waals surface area (Å²) < 4.78 is 5.17. The van der Waals surface area contributed by atoms with E-state index in [0.717, 1.165) is 22.4 Å². The third-order valence-electron chi connectivity index (χ3n) is 4.99. The second kappa shape index (κ2) is 10.9. The standard InChI is InChI=1S/C24H28N4O3S/c1-16-8-10-19(11-9-16)25-23(29)20-15-32-21(26-20)14-28(12-13-31-4)24(30)27-22-17(2)6-5-7-18(22)3/h5-11,15H,12-14H2,1-4H3,(H,25,29)(H,27,30). The molecule has 0 aliphatic heterocycles. The molecular formula is C24H28N4O3S. The van der Waals surface area contributed by atoms with Gasteiger partial charge in [0.05, 0.1) is 13.2 Å². The highest BCUT2D eigenvalue weighted by Gasteiger charge is 2.19. The Kier molecular flexibility index (Phi) is 7.97. The summed E-state index contributed by atoms with van der Waals surface area (Å²) in [5.74, 6) is -0.278. The van der Waals surface area contributed by atoms with Gasteiger partial charge in [0.25, 0.3) is 5.91 Å². The third kappa shape index (κ3) is 6.15. The van der Waals surface area contributed by atoms with Crippen LogP contribution >= 0.6 is 11.3 Å². The van der Waals surface area contributed by atoms with Crippen molar-refractivity contribution in [1.29, 1.82) is 0 Å². The lowest BCUT2D eigenvalue weighted by atomic mass is 10.1. The number of nitrogens with one attached hydrogen (secondary N) is 2. The predicted octanol–water partition coefficient (Wildman–Crippen LogP) is 5.00. The summed E-state index contributed by atoms with van der Waals surface area (Å²) in [7, 11) is 1.60. The lowest BCUT2D eigenvalue weighted by Gasteiger charge is -2.23. The van der Waals surface area contributed by atoms with Crippen molar-refractivity contribution >= 4 is 34.6 Å². The fourth-order valence-corrected chi connectivity index (χ4v) is 3.92. The van der Waals surface area contributed by atoms with Gasteiger partial charge in [0, 0.05) is 30.4 Å². The summed E-state index contributed by atoms with van der Waals surface area (Å²) in [6, 6.07) is 13.2. The number of thiazole rings is 1. The van der Waals surface area contributed by atoms with Crippen molar-refractivity contribution in [3.8, 4) is 0 Å². The summed E-state index contributed by atoms with van der Waals surface area (Å²) in [6.07, 6.45) is 0. The zero-order valence-corrected chi connectivity index (χ0v) is 19.6. The number of urea groups is 1. The summed E-state index contributed by atoms with van der Waals surface area (Å²) in [5, 5.41) is 8.23. The lowest BCUT2D eigenvalue weighted by Crippen LogP contribution is -2.37. The van der Waals surface area contributed by atoms with Gasteiger partial charge in [0.2, 0.25) is 0 Å². The SMILES string of the molecule is COCCN(Cc1nc(C(=O)Nc2ccc(C)cc2)cs1)C(=O)Nc1c(C)cccc1C. The van der Waals surface area contributed by atoms with Crippen LogP contribution in [0.25, 0.3) is 0 Å². The van der Waals surface area contributed by atoms with E-state index in [1.165, 1.54) is 11.3 Å². The van der Waals surface area contributed by atoms with Crippen LogP contribution in [0.4, 0.5) is 16.2 Å². The van der Waals surface area contributed by atoms with Gasteiger partial charge in [-0.05, 0) is 44.0 Å². The van der Waals surface area contributed by atoms with E-state index in [0.29, 0.717) is 29.5 Å². The highest BCUT2D eigenvalue weighted by Crippen LogP contribution is 2.21. The van der Waals surface area contributed by atoms with Crippen molar-refractivity contribution in [2.45, 2.75) is 27.3 Å². The van der Waals surface area contributed by atoms with Crippen molar-refractivity contribution in [3.63, 3.8) is 0 Å². The van der Waals surface area contributed by atoms with Crippen LogP contribution in [0, 0.1) is 20.8 Å².